The number of hydrogen-bond acceptors (Lipinski definition) is 4. The highest BCUT2D eigenvalue weighted by molar-refractivity contribution is 6.00. The lowest BCUT2D eigenvalue weighted by molar-refractivity contribution is -0.121. The SMILES string of the molecule is COc1ccc(C)cc1NC(=O)C=C(C)NNC(=O)Cc1cccc2ccccc12. The zero-order chi connectivity index (χ0) is 21.5. The van der Waals surface area contributed by atoms with Crippen molar-refractivity contribution in [2.24, 2.45) is 0 Å². The van der Waals surface area contributed by atoms with Crippen molar-refractivity contribution in [3.8, 4) is 5.75 Å². The lowest BCUT2D eigenvalue weighted by atomic mass is 10.0. The number of carbonyl (C=O) groups excluding carboxylic acids is 2. The van der Waals surface area contributed by atoms with Crippen LogP contribution < -0.4 is 20.9 Å². The summed E-state index contributed by atoms with van der Waals surface area (Å²) < 4.78 is 5.26. The first-order valence-corrected chi connectivity index (χ1v) is 9.61. The Labute approximate surface area is 175 Å². The Bertz CT molecular complexity index is 1100. The maximum atomic E-state index is 12.3. The van der Waals surface area contributed by atoms with E-state index in [9.17, 15) is 9.59 Å². The van der Waals surface area contributed by atoms with Crippen LogP contribution in [-0.4, -0.2) is 18.9 Å². The third kappa shape index (κ3) is 5.38. The van der Waals surface area contributed by atoms with Crippen molar-refractivity contribution < 1.29 is 14.3 Å². The summed E-state index contributed by atoms with van der Waals surface area (Å²) in [6.07, 6.45) is 1.61. The summed E-state index contributed by atoms with van der Waals surface area (Å²) in [5, 5.41) is 4.93. The van der Waals surface area contributed by atoms with Gasteiger partial charge in [0.05, 0.1) is 19.2 Å². The molecule has 3 aromatic carbocycles. The van der Waals surface area contributed by atoms with Crippen LogP contribution in [0.4, 0.5) is 5.69 Å². The van der Waals surface area contributed by atoms with Crippen LogP contribution in [0.25, 0.3) is 10.8 Å². The number of hydrogen-bond donors (Lipinski definition) is 3. The van der Waals surface area contributed by atoms with Gasteiger partial charge in [-0.25, -0.2) is 0 Å². The summed E-state index contributed by atoms with van der Waals surface area (Å²) in [5.74, 6) is 0.0587. The van der Waals surface area contributed by atoms with E-state index in [2.05, 4.69) is 16.2 Å². The second kappa shape index (κ2) is 9.60. The third-order valence-corrected chi connectivity index (χ3v) is 4.59. The van der Waals surface area contributed by atoms with Crippen molar-refractivity contribution >= 4 is 28.3 Å². The number of hydrazine groups is 1. The Kier molecular flexibility index (Phi) is 6.70. The molecule has 3 aromatic rings. The van der Waals surface area contributed by atoms with E-state index in [1.54, 1.807) is 20.1 Å². The predicted octanol–water partition coefficient (Wildman–Crippen LogP) is 3.86. The molecule has 2 amide bonds. The highest BCUT2D eigenvalue weighted by Gasteiger charge is 2.08. The van der Waals surface area contributed by atoms with Crippen LogP contribution in [0, 0.1) is 6.92 Å². The molecule has 0 aliphatic carbocycles. The lowest BCUT2D eigenvalue weighted by Gasteiger charge is -2.12. The highest BCUT2D eigenvalue weighted by atomic mass is 16.5. The Hall–Kier alpha value is -3.80. The minimum atomic E-state index is -0.327. The fourth-order valence-electron chi connectivity index (χ4n) is 3.15. The number of anilines is 1. The molecule has 30 heavy (non-hydrogen) atoms. The fourth-order valence-corrected chi connectivity index (χ4v) is 3.15. The van der Waals surface area contributed by atoms with E-state index in [0.717, 1.165) is 21.9 Å². The van der Waals surface area contributed by atoms with Crippen molar-refractivity contribution in [3.63, 3.8) is 0 Å². The Morgan fingerprint density at radius 1 is 1.00 bits per heavy atom. The van der Waals surface area contributed by atoms with E-state index in [1.165, 1.54) is 6.08 Å². The Balaban J connectivity index is 1.57. The first-order chi connectivity index (χ1) is 14.5. The maximum Gasteiger partial charge on any atom is 0.250 e. The smallest absolute Gasteiger partial charge is 0.250 e. The quantitative estimate of drug-likeness (QED) is 0.413. The van der Waals surface area contributed by atoms with Crippen LogP contribution in [0.5, 0.6) is 5.75 Å². The first kappa shape index (κ1) is 20.9. The molecule has 3 rings (SSSR count). The van der Waals surface area contributed by atoms with Gasteiger partial charge in [-0.05, 0) is 47.9 Å². The molecule has 0 unspecified atom stereocenters. The van der Waals surface area contributed by atoms with E-state index < -0.39 is 0 Å². The number of carbonyl (C=O) groups is 2. The molecule has 0 saturated carbocycles. The van der Waals surface area contributed by atoms with Crippen molar-refractivity contribution in [3.05, 3.63) is 83.6 Å². The minimum absolute atomic E-state index is 0.195. The standard InChI is InChI=1S/C24H25N3O3/c1-16-11-12-22(30-3)21(13-16)25-23(28)14-17(2)26-27-24(29)15-19-9-6-8-18-7-4-5-10-20(18)19/h4-14,26H,15H2,1-3H3,(H,25,28)(H,27,29). The fraction of sp³-hybridized carbons (Fsp3) is 0.167. The molecule has 0 heterocycles. The van der Waals surface area contributed by atoms with Crippen molar-refractivity contribution in [2.75, 3.05) is 12.4 Å². The van der Waals surface area contributed by atoms with Gasteiger partial charge < -0.3 is 15.5 Å². The summed E-state index contributed by atoms with van der Waals surface area (Å²) in [6.45, 7) is 3.63. The van der Waals surface area contributed by atoms with Crippen LogP contribution in [0.1, 0.15) is 18.1 Å². The zero-order valence-corrected chi connectivity index (χ0v) is 17.3. The van der Waals surface area contributed by atoms with Crippen LogP contribution in [-0.2, 0) is 16.0 Å². The monoisotopic (exact) mass is 403 g/mol. The van der Waals surface area contributed by atoms with E-state index in [-0.39, 0.29) is 18.2 Å². The van der Waals surface area contributed by atoms with Gasteiger partial charge in [-0.1, -0.05) is 48.5 Å². The van der Waals surface area contributed by atoms with Crippen LogP contribution in [0.15, 0.2) is 72.4 Å². The van der Waals surface area contributed by atoms with E-state index in [1.807, 2.05) is 61.5 Å². The molecule has 0 bridgehead atoms. The topological polar surface area (TPSA) is 79.5 Å². The number of aryl methyl sites for hydroxylation is 1. The lowest BCUT2D eigenvalue weighted by Crippen LogP contribution is -2.37. The molecule has 0 saturated heterocycles. The van der Waals surface area contributed by atoms with E-state index >= 15 is 0 Å². The summed E-state index contributed by atoms with van der Waals surface area (Å²) in [5.41, 5.74) is 8.45. The molecular weight excluding hydrogens is 378 g/mol. The van der Waals surface area contributed by atoms with Gasteiger partial charge in [0, 0.05) is 11.8 Å². The number of fused-ring (bicyclic) bond motifs is 1. The molecule has 0 spiro atoms. The Morgan fingerprint density at radius 3 is 2.57 bits per heavy atom. The summed E-state index contributed by atoms with van der Waals surface area (Å²) in [6, 6.07) is 19.4. The molecular formula is C24H25N3O3. The van der Waals surface area contributed by atoms with Crippen molar-refractivity contribution in [2.45, 2.75) is 20.3 Å². The highest BCUT2D eigenvalue weighted by Crippen LogP contribution is 2.25. The normalized spacial score (nSPS) is 11.1. The molecule has 0 aliphatic heterocycles. The molecule has 0 atom stereocenters. The second-order valence-corrected chi connectivity index (χ2v) is 7.01. The molecule has 154 valence electrons. The summed E-state index contributed by atoms with van der Waals surface area (Å²) in [7, 11) is 1.55. The van der Waals surface area contributed by atoms with Gasteiger partial charge >= 0.3 is 0 Å². The van der Waals surface area contributed by atoms with E-state index in [0.29, 0.717) is 17.1 Å². The number of nitrogens with one attached hydrogen (secondary N) is 3. The van der Waals surface area contributed by atoms with Crippen molar-refractivity contribution in [1.82, 2.24) is 10.9 Å². The van der Waals surface area contributed by atoms with Gasteiger partial charge in [-0.3, -0.25) is 15.0 Å². The average molecular weight is 403 g/mol. The van der Waals surface area contributed by atoms with Gasteiger partial charge in [0.1, 0.15) is 5.75 Å². The molecule has 3 N–H and O–H groups in total. The summed E-state index contributed by atoms with van der Waals surface area (Å²) in [4.78, 5) is 24.6. The number of allylic oxidation sites excluding steroid dienone is 1. The van der Waals surface area contributed by atoms with Crippen LogP contribution >= 0.6 is 0 Å². The number of benzene rings is 3. The molecule has 6 heteroatoms. The van der Waals surface area contributed by atoms with Gasteiger partial charge in [0.2, 0.25) is 11.8 Å². The average Bonchev–Trinajstić information content (AvgIpc) is 2.73. The van der Waals surface area contributed by atoms with Gasteiger partial charge in [-0.15, -0.1) is 0 Å². The maximum absolute atomic E-state index is 12.3. The predicted molar refractivity (Wildman–Crippen MR) is 119 cm³/mol. The van der Waals surface area contributed by atoms with Gasteiger partial charge in [0.25, 0.3) is 0 Å². The molecule has 6 nitrogen and oxygen atoms in total. The van der Waals surface area contributed by atoms with Crippen molar-refractivity contribution in [1.29, 1.82) is 0 Å². The molecule has 0 aromatic heterocycles. The zero-order valence-electron chi connectivity index (χ0n) is 17.3. The summed E-state index contributed by atoms with van der Waals surface area (Å²) >= 11 is 0. The van der Waals surface area contributed by atoms with Gasteiger partial charge in [-0.2, -0.15) is 0 Å². The van der Waals surface area contributed by atoms with Crippen LogP contribution in [0.2, 0.25) is 0 Å². The molecule has 0 fully saturated rings. The van der Waals surface area contributed by atoms with Gasteiger partial charge in [0.15, 0.2) is 0 Å². The number of methoxy groups -OCH3 is 1. The first-order valence-electron chi connectivity index (χ1n) is 9.61. The Morgan fingerprint density at radius 2 is 1.77 bits per heavy atom. The van der Waals surface area contributed by atoms with Crippen LogP contribution in [0.3, 0.4) is 0 Å². The number of rotatable bonds is 7. The minimum Gasteiger partial charge on any atom is -0.495 e. The third-order valence-electron chi connectivity index (χ3n) is 4.59. The largest absolute Gasteiger partial charge is 0.495 e. The number of amides is 2. The second-order valence-electron chi connectivity index (χ2n) is 7.01. The molecule has 0 radical (unpaired) electrons. The van der Waals surface area contributed by atoms with E-state index in [4.69, 9.17) is 4.74 Å². The molecule has 0 aliphatic rings. The number of ether oxygens (including phenoxy) is 1.